The predicted molar refractivity (Wildman–Crippen MR) is 77.4 cm³/mol. The summed E-state index contributed by atoms with van der Waals surface area (Å²) in [5.41, 5.74) is 2.30. The maximum Gasteiger partial charge on any atom is 0.222 e. The molecule has 0 aliphatic heterocycles. The van der Waals surface area contributed by atoms with Crippen molar-refractivity contribution < 1.29 is 9.32 Å². The van der Waals surface area contributed by atoms with E-state index in [1.807, 2.05) is 32.0 Å². The highest BCUT2D eigenvalue weighted by molar-refractivity contribution is 5.76. The third-order valence-electron chi connectivity index (χ3n) is 2.86. The van der Waals surface area contributed by atoms with Crippen LogP contribution < -0.4 is 10.6 Å². The van der Waals surface area contributed by atoms with Crippen molar-refractivity contribution in [3.63, 3.8) is 0 Å². The third-order valence-corrected chi connectivity index (χ3v) is 2.86. The first-order valence-corrected chi connectivity index (χ1v) is 6.63. The minimum atomic E-state index is 0.0132. The Morgan fingerprint density at radius 1 is 1.30 bits per heavy atom. The number of hydrogen-bond donors (Lipinski definition) is 2. The smallest absolute Gasteiger partial charge is 0.222 e. The number of nitrogens with one attached hydrogen (secondary N) is 2. The van der Waals surface area contributed by atoms with E-state index < -0.39 is 0 Å². The number of carbonyl (C=O) groups excluding carboxylic acids is 1. The van der Waals surface area contributed by atoms with Gasteiger partial charge in [-0.3, -0.25) is 4.79 Å². The molecule has 0 bridgehead atoms. The lowest BCUT2D eigenvalue weighted by atomic mass is 10.1. The molecule has 0 spiro atoms. The molecule has 0 unspecified atom stereocenters. The van der Waals surface area contributed by atoms with Gasteiger partial charge in [0.1, 0.15) is 5.76 Å². The van der Waals surface area contributed by atoms with E-state index in [1.54, 1.807) is 6.07 Å². The van der Waals surface area contributed by atoms with Gasteiger partial charge in [0, 0.05) is 25.6 Å². The molecule has 0 saturated carbocycles. The van der Waals surface area contributed by atoms with Crippen molar-refractivity contribution in [2.24, 2.45) is 0 Å². The van der Waals surface area contributed by atoms with Crippen LogP contribution in [0.1, 0.15) is 23.3 Å². The van der Waals surface area contributed by atoms with Crippen LogP contribution in [-0.4, -0.2) is 17.6 Å². The number of rotatable bonds is 6. The van der Waals surface area contributed by atoms with Crippen LogP contribution in [0.2, 0.25) is 0 Å². The number of benzene rings is 1. The largest absolute Gasteiger partial charge is 0.367 e. The molecule has 5 heteroatoms. The van der Waals surface area contributed by atoms with Gasteiger partial charge in [0.05, 0.1) is 0 Å². The molecule has 1 aromatic heterocycles. The summed E-state index contributed by atoms with van der Waals surface area (Å²) in [6, 6.07) is 9.89. The molecule has 0 radical (unpaired) electrons. The Bertz CT molecular complexity index is 578. The van der Waals surface area contributed by atoms with Crippen molar-refractivity contribution >= 4 is 11.7 Å². The van der Waals surface area contributed by atoms with Crippen molar-refractivity contribution in [2.45, 2.75) is 26.8 Å². The SMILES string of the molecule is Cc1cccc(CNC(=O)CCNc2cc(C)on2)c1. The molecular formula is C15H19N3O2. The normalized spacial score (nSPS) is 10.3. The van der Waals surface area contributed by atoms with Gasteiger partial charge in [-0.25, -0.2) is 0 Å². The van der Waals surface area contributed by atoms with Crippen LogP contribution in [0.5, 0.6) is 0 Å². The Morgan fingerprint density at radius 3 is 2.85 bits per heavy atom. The maximum atomic E-state index is 11.7. The molecule has 1 heterocycles. The lowest BCUT2D eigenvalue weighted by Crippen LogP contribution is -2.24. The molecule has 2 rings (SSSR count). The lowest BCUT2D eigenvalue weighted by Gasteiger charge is -2.06. The second kappa shape index (κ2) is 6.75. The van der Waals surface area contributed by atoms with Crippen molar-refractivity contribution in [3.05, 3.63) is 47.2 Å². The Morgan fingerprint density at radius 2 is 2.15 bits per heavy atom. The lowest BCUT2D eigenvalue weighted by molar-refractivity contribution is -0.121. The number of anilines is 1. The Kier molecular flexibility index (Phi) is 4.76. The van der Waals surface area contributed by atoms with Gasteiger partial charge in [0.2, 0.25) is 5.91 Å². The van der Waals surface area contributed by atoms with Gasteiger partial charge < -0.3 is 15.2 Å². The van der Waals surface area contributed by atoms with E-state index in [-0.39, 0.29) is 5.91 Å². The summed E-state index contributed by atoms with van der Waals surface area (Å²) in [4.78, 5) is 11.7. The molecule has 1 amide bonds. The number of nitrogens with zero attached hydrogens (tertiary/aromatic N) is 1. The fraction of sp³-hybridized carbons (Fsp3) is 0.333. The summed E-state index contributed by atoms with van der Waals surface area (Å²) in [5.74, 6) is 1.42. The van der Waals surface area contributed by atoms with Crippen LogP contribution in [0.25, 0.3) is 0 Å². The van der Waals surface area contributed by atoms with Crippen LogP contribution in [0.15, 0.2) is 34.9 Å². The van der Waals surface area contributed by atoms with E-state index in [0.717, 1.165) is 11.3 Å². The highest BCUT2D eigenvalue weighted by Crippen LogP contribution is 2.06. The number of carbonyl (C=O) groups is 1. The first kappa shape index (κ1) is 14.1. The molecule has 0 saturated heterocycles. The van der Waals surface area contributed by atoms with Crippen LogP contribution >= 0.6 is 0 Å². The summed E-state index contributed by atoms with van der Waals surface area (Å²) in [5, 5.41) is 9.73. The Balaban J connectivity index is 1.68. The Labute approximate surface area is 118 Å². The van der Waals surface area contributed by atoms with Gasteiger partial charge >= 0.3 is 0 Å². The van der Waals surface area contributed by atoms with Gasteiger partial charge in [0.25, 0.3) is 0 Å². The molecule has 20 heavy (non-hydrogen) atoms. The minimum Gasteiger partial charge on any atom is -0.367 e. The number of amides is 1. The van der Waals surface area contributed by atoms with Crippen molar-refractivity contribution in [1.29, 1.82) is 0 Å². The van der Waals surface area contributed by atoms with Crippen molar-refractivity contribution in [2.75, 3.05) is 11.9 Å². The topological polar surface area (TPSA) is 67.2 Å². The highest BCUT2D eigenvalue weighted by Gasteiger charge is 2.03. The zero-order valence-electron chi connectivity index (χ0n) is 11.8. The monoisotopic (exact) mass is 273 g/mol. The third kappa shape index (κ3) is 4.42. The van der Waals surface area contributed by atoms with Crippen LogP contribution in [0, 0.1) is 13.8 Å². The Hall–Kier alpha value is -2.30. The van der Waals surface area contributed by atoms with E-state index >= 15 is 0 Å². The van der Waals surface area contributed by atoms with Gasteiger partial charge in [0.15, 0.2) is 5.82 Å². The number of aromatic nitrogens is 1. The number of hydrogen-bond acceptors (Lipinski definition) is 4. The predicted octanol–water partition coefficient (Wildman–Crippen LogP) is 2.41. The molecule has 106 valence electrons. The molecular weight excluding hydrogens is 254 g/mol. The maximum absolute atomic E-state index is 11.7. The van der Waals surface area contributed by atoms with Crippen LogP contribution in [0.3, 0.4) is 0 Å². The molecule has 2 N–H and O–H groups in total. The standard InChI is InChI=1S/C15H19N3O2/c1-11-4-3-5-13(8-11)10-17-15(19)6-7-16-14-9-12(2)20-18-14/h3-5,8-9H,6-7,10H2,1-2H3,(H,16,18)(H,17,19). The van der Waals surface area contributed by atoms with Crippen LogP contribution in [0.4, 0.5) is 5.82 Å². The zero-order valence-corrected chi connectivity index (χ0v) is 11.8. The minimum absolute atomic E-state index is 0.0132. The molecule has 0 aliphatic carbocycles. The van der Waals surface area contributed by atoms with E-state index in [9.17, 15) is 4.79 Å². The zero-order chi connectivity index (χ0) is 14.4. The fourth-order valence-corrected chi connectivity index (χ4v) is 1.86. The van der Waals surface area contributed by atoms with Crippen molar-refractivity contribution in [3.8, 4) is 0 Å². The van der Waals surface area contributed by atoms with E-state index in [1.165, 1.54) is 5.56 Å². The highest BCUT2D eigenvalue weighted by atomic mass is 16.5. The first-order valence-electron chi connectivity index (χ1n) is 6.63. The average Bonchev–Trinajstić information content (AvgIpc) is 2.82. The summed E-state index contributed by atoms with van der Waals surface area (Å²) < 4.78 is 4.93. The van der Waals surface area contributed by atoms with Crippen LogP contribution in [-0.2, 0) is 11.3 Å². The second-order valence-corrected chi connectivity index (χ2v) is 4.77. The molecule has 1 aromatic carbocycles. The van der Waals surface area contributed by atoms with Gasteiger partial charge in [-0.1, -0.05) is 35.0 Å². The van der Waals surface area contributed by atoms with Gasteiger partial charge in [-0.15, -0.1) is 0 Å². The fourth-order valence-electron chi connectivity index (χ4n) is 1.86. The number of aryl methyl sites for hydroxylation is 2. The van der Waals surface area contributed by atoms with E-state index in [0.29, 0.717) is 25.3 Å². The summed E-state index contributed by atoms with van der Waals surface area (Å²) >= 11 is 0. The average molecular weight is 273 g/mol. The van der Waals surface area contributed by atoms with Crippen molar-refractivity contribution in [1.82, 2.24) is 10.5 Å². The summed E-state index contributed by atoms with van der Waals surface area (Å²) in [6.45, 7) is 4.96. The molecule has 2 aromatic rings. The summed E-state index contributed by atoms with van der Waals surface area (Å²) in [6.07, 6.45) is 0.401. The molecule has 0 atom stereocenters. The molecule has 0 fully saturated rings. The second-order valence-electron chi connectivity index (χ2n) is 4.77. The van der Waals surface area contributed by atoms with Gasteiger partial charge in [-0.2, -0.15) is 0 Å². The van der Waals surface area contributed by atoms with E-state index in [4.69, 9.17) is 4.52 Å². The van der Waals surface area contributed by atoms with E-state index in [2.05, 4.69) is 21.9 Å². The molecule has 0 aliphatic rings. The first-order chi connectivity index (χ1) is 9.63. The van der Waals surface area contributed by atoms with Gasteiger partial charge in [-0.05, 0) is 19.4 Å². The summed E-state index contributed by atoms with van der Waals surface area (Å²) in [7, 11) is 0. The molecule has 5 nitrogen and oxygen atoms in total. The quantitative estimate of drug-likeness (QED) is 0.848.